The van der Waals surface area contributed by atoms with Crippen LogP contribution in [0.1, 0.15) is 65.4 Å². The molecule has 3 heteroatoms. The number of thioether (sulfide) groups is 1. The summed E-state index contributed by atoms with van der Waals surface area (Å²) in [6.45, 7) is 9.96. The molecular formula is C22H32O2S. The Labute approximate surface area is 156 Å². The summed E-state index contributed by atoms with van der Waals surface area (Å²) >= 11 is 1.93. The van der Waals surface area contributed by atoms with Crippen molar-refractivity contribution in [2.75, 3.05) is 12.9 Å². The van der Waals surface area contributed by atoms with Crippen LogP contribution >= 0.6 is 11.8 Å². The Hall–Kier alpha value is -0.830. The number of fused-ring (bicyclic) bond motifs is 5. The van der Waals surface area contributed by atoms with Crippen LogP contribution in [0.2, 0.25) is 0 Å². The number of benzene rings is 1. The normalized spacial score (nSPS) is 39.1. The fraction of sp³-hybridized carbons (Fsp3) is 0.727. The molecule has 2 fully saturated rings. The molecular weight excluding hydrogens is 328 g/mol. The monoisotopic (exact) mass is 360 g/mol. The van der Waals surface area contributed by atoms with E-state index in [0.29, 0.717) is 22.5 Å². The van der Waals surface area contributed by atoms with Gasteiger partial charge in [0, 0.05) is 27.7 Å². The van der Waals surface area contributed by atoms with E-state index in [-0.39, 0.29) is 5.41 Å². The SMILES string of the molecule is COc1cc(O)c2c(c1)SC[C@@H]1[C@@]3(C)CCCC(C)(C)[C@@H]3CC[C@@]21C. The molecule has 0 radical (unpaired) electrons. The van der Waals surface area contributed by atoms with E-state index in [1.165, 1.54) is 48.3 Å². The number of hydrogen-bond acceptors (Lipinski definition) is 3. The lowest BCUT2D eigenvalue weighted by molar-refractivity contribution is -0.0976. The maximum atomic E-state index is 10.9. The standard InChI is InChI=1S/C22H32O2S/c1-20(2)8-6-9-21(3)17(20)7-10-22(4)18(21)13-25-16-12-14(24-5)11-15(23)19(16)22/h11-12,17-18,23H,6-10,13H2,1-5H3/t17-,18+,21-,22+/m0/s1. The first kappa shape index (κ1) is 17.6. The van der Waals surface area contributed by atoms with E-state index in [9.17, 15) is 5.11 Å². The van der Waals surface area contributed by atoms with Gasteiger partial charge in [-0.05, 0) is 54.4 Å². The third-order valence-corrected chi connectivity index (χ3v) is 9.19. The van der Waals surface area contributed by atoms with E-state index >= 15 is 0 Å². The maximum absolute atomic E-state index is 10.9. The Bertz CT molecular complexity index is 698. The van der Waals surface area contributed by atoms with Gasteiger partial charge in [-0.1, -0.05) is 34.1 Å². The van der Waals surface area contributed by atoms with E-state index in [1.807, 2.05) is 17.8 Å². The molecule has 0 aromatic heterocycles. The maximum Gasteiger partial charge on any atom is 0.124 e. The molecule has 1 aromatic rings. The lowest BCUT2D eigenvalue weighted by atomic mass is 9.43. The van der Waals surface area contributed by atoms with E-state index < -0.39 is 0 Å². The second kappa shape index (κ2) is 5.58. The third-order valence-electron chi connectivity index (χ3n) is 8.06. The summed E-state index contributed by atoms with van der Waals surface area (Å²) in [4.78, 5) is 1.23. The molecule has 0 unspecified atom stereocenters. The molecule has 4 rings (SSSR count). The summed E-state index contributed by atoms with van der Waals surface area (Å²) in [6, 6.07) is 3.94. The number of phenols is 1. The third kappa shape index (κ3) is 2.37. The van der Waals surface area contributed by atoms with Crippen molar-refractivity contribution < 1.29 is 9.84 Å². The second-order valence-corrected chi connectivity index (χ2v) is 10.8. The quantitative estimate of drug-likeness (QED) is 0.665. The van der Waals surface area contributed by atoms with Crippen molar-refractivity contribution in [1.82, 2.24) is 0 Å². The first-order valence-corrected chi connectivity index (χ1v) is 10.8. The van der Waals surface area contributed by atoms with Crippen LogP contribution in [-0.2, 0) is 5.41 Å². The predicted octanol–water partition coefficient (Wildman–Crippen LogP) is 6.01. The Kier molecular flexibility index (Phi) is 3.92. The largest absolute Gasteiger partial charge is 0.507 e. The lowest BCUT2D eigenvalue weighted by Crippen LogP contribution is -2.58. The number of methoxy groups -OCH3 is 1. The topological polar surface area (TPSA) is 29.5 Å². The molecule has 138 valence electrons. The molecule has 4 atom stereocenters. The zero-order chi connectivity index (χ0) is 18.0. The summed E-state index contributed by atoms with van der Waals surface area (Å²) in [5.41, 5.74) is 2.10. The molecule has 0 amide bonds. The summed E-state index contributed by atoms with van der Waals surface area (Å²) in [7, 11) is 1.68. The zero-order valence-corrected chi connectivity index (χ0v) is 17.1. The fourth-order valence-corrected chi connectivity index (χ4v) is 8.65. The minimum absolute atomic E-state index is 0.0790. The average Bonchev–Trinajstić information content (AvgIpc) is 2.52. The summed E-state index contributed by atoms with van der Waals surface area (Å²) < 4.78 is 5.39. The summed E-state index contributed by atoms with van der Waals surface area (Å²) in [5, 5.41) is 10.9. The van der Waals surface area contributed by atoms with Gasteiger partial charge >= 0.3 is 0 Å². The van der Waals surface area contributed by atoms with Crippen molar-refractivity contribution in [3.63, 3.8) is 0 Å². The second-order valence-electron chi connectivity index (χ2n) is 9.74. The van der Waals surface area contributed by atoms with E-state index in [0.717, 1.165) is 11.7 Å². The first-order chi connectivity index (χ1) is 11.7. The lowest BCUT2D eigenvalue weighted by Gasteiger charge is -2.64. The molecule has 0 saturated heterocycles. The number of hydrogen-bond donors (Lipinski definition) is 1. The number of rotatable bonds is 1. The van der Waals surface area contributed by atoms with Crippen molar-refractivity contribution in [3.05, 3.63) is 17.7 Å². The molecule has 1 aliphatic heterocycles. The van der Waals surface area contributed by atoms with Crippen molar-refractivity contribution in [1.29, 1.82) is 0 Å². The van der Waals surface area contributed by atoms with Gasteiger partial charge < -0.3 is 9.84 Å². The van der Waals surface area contributed by atoms with E-state index in [4.69, 9.17) is 4.74 Å². The van der Waals surface area contributed by atoms with Gasteiger partial charge in [0.1, 0.15) is 11.5 Å². The molecule has 0 spiro atoms. The van der Waals surface area contributed by atoms with Gasteiger partial charge in [-0.25, -0.2) is 0 Å². The molecule has 1 aromatic carbocycles. The Morgan fingerprint density at radius 1 is 1.08 bits per heavy atom. The highest BCUT2D eigenvalue weighted by Gasteiger charge is 2.60. The molecule has 25 heavy (non-hydrogen) atoms. The molecule has 2 nitrogen and oxygen atoms in total. The van der Waals surface area contributed by atoms with Gasteiger partial charge in [0.2, 0.25) is 0 Å². The minimum atomic E-state index is 0.0790. The van der Waals surface area contributed by atoms with Crippen molar-refractivity contribution in [2.24, 2.45) is 22.7 Å². The average molecular weight is 361 g/mol. The van der Waals surface area contributed by atoms with Crippen LogP contribution in [0.25, 0.3) is 0 Å². The molecule has 0 bridgehead atoms. The zero-order valence-electron chi connectivity index (χ0n) is 16.3. The first-order valence-electron chi connectivity index (χ1n) is 9.77. The minimum Gasteiger partial charge on any atom is -0.507 e. The van der Waals surface area contributed by atoms with Crippen LogP contribution in [0.4, 0.5) is 0 Å². The van der Waals surface area contributed by atoms with Gasteiger partial charge in [0.05, 0.1) is 7.11 Å². The molecule has 2 aliphatic carbocycles. The smallest absolute Gasteiger partial charge is 0.124 e. The fourth-order valence-electron chi connectivity index (χ4n) is 6.88. The van der Waals surface area contributed by atoms with Crippen LogP contribution in [0, 0.1) is 22.7 Å². The van der Waals surface area contributed by atoms with Crippen LogP contribution in [-0.4, -0.2) is 18.0 Å². The number of aromatic hydroxyl groups is 1. The predicted molar refractivity (Wildman–Crippen MR) is 105 cm³/mol. The molecule has 2 saturated carbocycles. The van der Waals surface area contributed by atoms with Crippen LogP contribution in [0.5, 0.6) is 11.5 Å². The van der Waals surface area contributed by atoms with Gasteiger partial charge in [-0.15, -0.1) is 11.8 Å². The van der Waals surface area contributed by atoms with E-state index in [1.54, 1.807) is 7.11 Å². The van der Waals surface area contributed by atoms with Gasteiger partial charge in [-0.2, -0.15) is 0 Å². The van der Waals surface area contributed by atoms with Crippen molar-refractivity contribution in [2.45, 2.75) is 70.1 Å². The Morgan fingerprint density at radius 3 is 2.56 bits per heavy atom. The van der Waals surface area contributed by atoms with E-state index in [2.05, 4.69) is 33.8 Å². The highest BCUT2D eigenvalue weighted by molar-refractivity contribution is 7.99. The molecule has 3 aliphatic rings. The molecule has 1 heterocycles. The molecule has 1 N–H and O–H groups in total. The van der Waals surface area contributed by atoms with Crippen molar-refractivity contribution in [3.8, 4) is 11.5 Å². The Balaban J connectivity index is 1.82. The van der Waals surface area contributed by atoms with Crippen molar-refractivity contribution >= 4 is 11.8 Å². The van der Waals surface area contributed by atoms with Gasteiger partial charge in [-0.3, -0.25) is 0 Å². The van der Waals surface area contributed by atoms with Gasteiger partial charge in [0.15, 0.2) is 0 Å². The number of phenolic OH excluding ortho intramolecular Hbond substituents is 1. The van der Waals surface area contributed by atoms with Crippen LogP contribution < -0.4 is 4.74 Å². The Morgan fingerprint density at radius 2 is 1.84 bits per heavy atom. The van der Waals surface area contributed by atoms with Gasteiger partial charge in [0.25, 0.3) is 0 Å². The summed E-state index contributed by atoms with van der Waals surface area (Å²) in [5.74, 6) is 3.80. The van der Waals surface area contributed by atoms with Crippen LogP contribution in [0.3, 0.4) is 0 Å². The highest BCUT2D eigenvalue weighted by atomic mass is 32.2. The van der Waals surface area contributed by atoms with Crippen LogP contribution in [0.15, 0.2) is 17.0 Å². The highest BCUT2D eigenvalue weighted by Crippen LogP contribution is 2.68. The summed E-state index contributed by atoms with van der Waals surface area (Å²) in [6.07, 6.45) is 6.52. The number of ether oxygens (including phenoxy) is 1.